The average Bonchev–Trinajstić information content (AvgIpc) is 2.95. The molecule has 158 valence electrons. The van der Waals surface area contributed by atoms with Crippen molar-refractivity contribution in [1.82, 2.24) is 4.90 Å². The van der Waals surface area contributed by atoms with E-state index in [1.54, 1.807) is 0 Å². The second kappa shape index (κ2) is 9.55. The fourth-order valence-electron chi connectivity index (χ4n) is 3.01. The molecule has 0 saturated heterocycles. The Morgan fingerprint density at radius 2 is 1.93 bits per heavy atom. The number of alkyl halides is 2. The predicted octanol–water partition coefficient (Wildman–Crippen LogP) is 4.54. The van der Waals surface area contributed by atoms with Crippen molar-refractivity contribution in [3.63, 3.8) is 0 Å². The van der Waals surface area contributed by atoms with Crippen molar-refractivity contribution in [3.8, 4) is 0 Å². The van der Waals surface area contributed by atoms with Crippen molar-refractivity contribution < 1.29 is 27.9 Å². The van der Waals surface area contributed by atoms with Crippen molar-refractivity contribution in [2.75, 3.05) is 25.6 Å². The molecule has 6 nitrogen and oxygen atoms in total. The van der Waals surface area contributed by atoms with Crippen molar-refractivity contribution in [2.45, 2.75) is 17.1 Å². The normalized spacial score (nSPS) is 13.2. The number of anilines is 1. The van der Waals surface area contributed by atoms with Gasteiger partial charge >= 0.3 is 0 Å². The molecule has 1 heterocycles. The number of hydrogen-bond acceptors (Lipinski definition) is 5. The Kier molecular flexibility index (Phi) is 7.06. The zero-order valence-corrected chi connectivity index (χ0v) is 17.4. The molecule has 2 aromatic carbocycles. The van der Waals surface area contributed by atoms with E-state index in [4.69, 9.17) is 16.3 Å². The van der Waals surface area contributed by atoms with E-state index in [1.807, 2.05) is 0 Å². The maximum Gasteiger partial charge on any atom is 0.289 e. The molecule has 0 bridgehead atoms. The molecular weight excluding hydrogens is 438 g/mol. The third kappa shape index (κ3) is 4.63. The van der Waals surface area contributed by atoms with E-state index in [-0.39, 0.29) is 50.6 Å². The Hall–Kier alpha value is -2.49. The van der Waals surface area contributed by atoms with Gasteiger partial charge in [0, 0.05) is 25.8 Å². The van der Waals surface area contributed by atoms with Crippen LogP contribution in [0.3, 0.4) is 0 Å². The molecule has 30 heavy (non-hydrogen) atoms. The minimum Gasteiger partial charge on any atom is -0.385 e. The SMILES string of the molecule is COCCCN1C(=O)c2ccc(C(=O)Nc3cccc(Cl)c3SC(F)F)cc2C1=O. The first kappa shape index (κ1) is 22.2. The lowest BCUT2D eigenvalue weighted by Gasteiger charge is -2.13. The summed E-state index contributed by atoms with van der Waals surface area (Å²) in [5, 5.41) is 2.62. The summed E-state index contributed by atoms with van der Waals surface area (Å²) in [7, 11) is 1.53. The van der Waals surface area contributed by atoms with E-state index in [0.29, 0.717) is 13.0 Å². The van der Waals surface area contributed by atoms with Crippen molar-refractivity contribution in [3.05, 3.63) is 58.1 Å². The van der Waals surface area contributed by atoms with Crippen LogP contribution >= 0.6 is 23.4 Å². The van der Waals surface area contributed by atoms with Gasteiger partial charge in [-0.25, -0.2) is 0 Å². The summed E-state index contributed by atoms with van der Waals surface area (Å²) in [6, 6.07) is 8.56. The molecule has 1 N–H and O–H groups in total. The third-order valence-corrected chi connectivity index (χ3v) is 5.67. The number of hydrogen-bond donors (Lipinski definition) is 1. The molecule has 1 aliphatic rings. The number of fused-ring (bicyclic) bond motifs is 1. The average molecular weight is 455 g/mol. The molecule has 0 atom stereocenters. The Morgan fingerprint density at radius 3 is 2.63 bits per heavy atom. The van der Waals surface area contributed by atoms with Gasteiger partial charge in [0.2, 0.25) is 0 Å². The molecule has 0 radical (unpaired) electrons. The predicted molar refractivity (Wildman–Crippen MR) is 110 cm³/mol. The first-order valence-electron chi connectivity index (χ1n) is 8.87. The lowest BCUT2D eigenvalue weighted by molar-refractivity contribution is 0.0638. The molecule has 0 aromatic heterocycles. The Bertz CT molecular complexity index is 1000. The van der Waals surface area contributed by atoms with E-state index in [0.717, 1.165) is 4.90 Å². The van der Waals surface area contributed by atoms with Crippen molar-refractivity contribution in [1.29, 1.82) is 0 Å². The first-order valence-corrected chi connectivity index (χ1v) is 10.1. The highest BCUT2D eigenvalue weighted by Gasteiger charge is 2.35. The molecule has 10 heteroatoms. The van der Waals surface area contributed by atoms with Crippen molar-refractivity contribution in [2.24, 2.45) is 0 Å². The van der Waals surface area contributed by atoms with Crippen LogP contribution in [0.25, 0.3) is 0 Å². The maximum absolute atomic E-state index is 12.8. The highest BCUT2D eigenvalue weighted by Crippen LogP contribution is 2.38. The number of rotatable bonds is 8. The summed E-state index contributed by atoms with van der Waals surface area (Å²) >= 11 is 6.20. The number of methoxy groups -OCH3 is 1. The van der Waals surface area contributed by atoms with Gasteiger partial charge in [-0.2, -0.15) is 8.78 Å². The number of amides is 3. The molecular formula is C20H17ClF2N2O4S. The minimum absolute atomic E-state index is 0.0410. The summed E-state index contributed by atoms with van der Waals surface area (Å²) < 4.78 is 30.6. The monoisotopic (exact) mass is 454 g/mol. The fourth-order valence-corrected chi connectivity index (χ4v) is 3.93. The topological polar surface area (TPSA) is 75.7 Å². The minimum atomic E-state index is -2.71. The van der Waals surface area contributed by atoms with Gasteiger partial charge < -0.3 is 10.1 Å². The van der Waals surface area contributed by atoms with E-state index in [9.17, 15) is 23.2 Å². The molecule has 0 saturated carbocycles. The smallest absolute Gasteiger partial charge is 0.289 e. The zero-order chi connectivity index (χ0) is 21.8. The van der Waals surface area contributed by atoms with Gasteiger partial charge in [0.05, 0.1) is 26.7 Å². The number of carbonyl (C=O) groups excluding carboxylic acids is 3. The largest absolute Gasteiger partial charge is 0.385 e. The number of halogens is 3. The molecule has 1 aliphatic heterocycles. The van der Waals surface area contributed by atoms with Gasteiger partial charge in [-0.15, -0.1) is 0 Å². The van der Waals surface area contributed by atoms with Gasteiger partial charge in [0.1, 0.15) is 0 Å². The Morgan fingerprint density at radius 1 is 1.20 bits per heavy atom. The molecule has 3 amide bonds. The van der Waals surface area contributed by atoms with Gasteiger partial charge in [0.25, 0.3) is 23.5 Å². The second-order valence-electron chi connectivity index (χ2n) is 6.32. The third-order valence-electron chi connectivity index (χ3n) is 4.39. The standard InChI is InChI=1S/C20H17ClF2N2O4S/c1-29-9-3-8-25-18(27)12-7-6-11(10-13(12)19(25)28)17(26)24-15-5-2-4-14(21)16(15)30-20(22)23/h2,4-7,10,20H,3,8-9H2,1H3,(H,24,26). The summed E-state index contributed by atoms with van der Waals surface area (Å²) in [6.45, 7) is 0.609. The van der Waals surface area contributed by atoms with Crippen LogP contribution in [-0.4, -0.2) is 48.6 Å². The molecule has 3 rings (SSSR count). The van der Waals surface area contributed by atoms with Crippen LogP contribution in [0.5, 0.6) is 0 Å². The lowest BCUT2D eigenvalue weighted by atomic mass is 10.1. The highest BCUT2D eigenvalue weighted by atomic mass is 35.5. The molecule has 2 aromatic rings. The molecule has 0 spiro atoms. The number of benzene rings is 2. The number of carbonyl (C=O) groups is 3. The molecule has 0 aliphatic carbocycles. The second-order valence-corrected chi connectivity index (χ2v) is 7.73. The Labute approximate surface area is 180 Å². The lowest BCUT2D eigenvalue weighted by Crippen LogP contribution is -2.31. The summed E-state index contributed by atoms with van der Waals surface area (Å²) in [6.07, 6.45) is 0.495. The van der Waals surface area contributed by atoms with Gasteiger partial charge in [0.15, 0.2) is 0 Å². The van der Waals surface area contributed by atoms with Crippen molar-refractivity contribution >= 4 is 46.8 Å². The van der Waals surface area contributed by atoms with E-state index >= 15 is 0 Å². The van der Waals surface area contributed by atoms with Crippen LogP contribution in [0.2, 0.25) is 5.02 Å². The number of nitrogens with zero attached hydrogens (tertiary/aromatic N) is 1. The van der Waals surface area contributed by atoms with Crippen LogP contribution < -0.4 is 5.32 Å². The van der Waals surface area contributed by atoms with Crippen LogP contribution in [0.4, 0.5) is 14.5 Å². The van der Waals surface area contributed by atoms with E-state index < -0.39 is 23.5 Å². The van der Waals surface area contributed by atoms with Crippen LogP contribution in [-0.2, 0) is 4.74 Å². The number of nitrogens with one attached hydrogen (secondary N) is 1. The quantitative estimate of drug-likeness (QED) is 0.360. The van der Waals surface area contributed by atoms with Gasteiger partial charge in [-0.3, -0.25) is 19.3 Å². The number of ether oxygens (including phenoxy) is 1. The maximum atomic E-state index is 12.8. The molecule has 0 unspecified atom stereocenters. The molecule has 0 fully saturated rings. The summed E-state index contributed by atoms with van der Waals surface area (Å²) in [4.78, 5) is 38.8. The first-order chi connectivity index (χ1) is 14.3. The zero-order valence-electron chi connectivity index (χ0n) is 15.8. The van der Waals surface area contributed by atoms with Gasteiger partial charge in [-0.1, -0.05) is 29.4 Å². The van der Waals surface area contributed by atoms with Crippen LogP contribution in [0.15, 0.2) is 41.3 Å². The fraction of sp³-hybridized carbons (Fsp3) is 0.250. The number of imide groups is 1. The summed E-state index contributed by atoms with van der Waals surface area (Å²) in [5.74, 6) is -4.25. The van der Waals surface area contributed by atoms with E-state index in [2.05, 4.69) is 5.32 Å². The summed E-state index contributed by atoms with van der Waals surface area (Å²) in [5.41, 5.74) is 0.576. The highest BCUT2D eigenvalue weighted by molar-refractivity contribution is 7.99. The van der Waals surface area contributed by atoms with Crippen LogP contribution in [0, 0.1) is 0 Å². The number of thioether (sulfide) groups is 1. The Balaban J connectivity index is 1.82. The van der Waals surface area contributed by atoms with E-state index in [1.165, 1.54) is 43.5 Å². The van der Waals surface area contributed by atoms with Crippen LogP contribution in [0.1, 0.15) is 37.5 Å². The van der Waals surface area contributed by atoms with Gasteiger partial charge in [-0.05, 0) is 36.8 Å².